The maximum absolute atomic E-state index is 13.5. The Morgan fingerprint density at radius 3 is 2.26 bits per heavy atom. The molecule has 0 heterocycles. The maximum Gasteiger partial charge on any atom is 0.264 e. The van der Waals surface area contributed by atoms with Crippen LogP contribution in [0.25, 0.3) is 0 Å². The predicted molar refractivity (Wildman–Crippen MR) is 136 cm³/mol. The third kappa shape index (κ3) is 5.54. The first kappa shape index (κ1) is 25.6. The van der Waals surface area contributed by atoms with Gasteiger partial charge in [-0.3, -0.25) is 9.10 Å². The van der Waals surface area contributed by atoms with E-state index in [-0.39, 0.29) is 21.6 Å². The Morgan fingerprint density at radius 1 is 1.00 bits per heavy atom. The van der Waals surface area contributed by atoms with Gasteiger partial charge in [-0.15, -0.1) is 0 Å². The number of carbonyl (C=O) groups excluding carboxylic acids is 1. The molecule has 0 saturated heterocycles. The van der Waals surface area contributed by atoms with Crippen molar-refractivity contribution < 1.29 is 17.9 Å². The molecule has 3 rings (SSSR count). The zero-order valence-electron chi connectivity index (χ0n) is 19.9. The molecule has 1 amide bonds. The first-order valence-corrected chi connectivity index (χ1v) is 12.6. The Balaban J connectivity index is 1.93. The molecule has 6 nitrogen and oxygen atoms in total. The molecular formula is C26H29ClN2O4S. The van der Waals surface area contributed by atoms with Crippen LogP contribution in [0.15, 0.2) is 65.6 Å². The highest BCUT2D eigenvalue weighted by atomic mass is 35.5. The van der Waals surface area contributed by atoms with E-state index in [1.54, 1.807) is 30.3 Å². The summed E-state index contributed by atoms with van der Waals surface area (Å²) >= 11 is 6.27. The topological polar surface area (TPSA) is 75.7 Å². The van der Waals surface area contributed by atoms with Gasteiger partial charge < -0.3 is 10.1 Å². The first-order chi connectivity index (χ1) is 16.0. The Hall–Kier alpha value is -3.03. The van der Waals surface area contributed by atoms with Crippen molar-refractivity contribution >= 4 is 33.2 Å². The number of halogens is 1. The van der Waals surface area contributed by atoms with Crippen LogP contribution in [0.2, 0.25) is 5.02 Å². The molecule has 0 aliphatic rings. The largest absolute Gasteiger partial charge is 0.495 e. The highest BCUT2D eigenvalue weighted by Crippen LogP contribution is 2.32. The SMILES string of the molecule is COc1ccc(N(CC(=O)N[C@H](C)c2cc(C)c(C)cc2C)S(=O)(=O)c2ccccc2)cc1Cl. The lowest BCUT2D eigenvalue weighted by Crippen LogP contribution is -2.41. The number of carbonyl (C=O) groups is 1. The Morgan fingerprint density at radius 2 is 1.65 bits per heavy atom. The van der Waals surface area contributed by atoms with Gasteiger partial charge in [0.1, 0.15) is 12.3 Å². The summed E-state index contributed by atoms with van der Waals surface area (Å²) in [6.07, 6.45) is 0. The van der Waals surface area contributed by atoms with Crippen molar-refractivity contribution in [3.63, 3.8) is 0 Å². The van der Waals surface area contributed by atoms with E-state index in [0.717, 1.165) is 21.0 Å². The average molecular weight is 501 g/mol. The van der Waals surface area contributed by atoms with Gasteiger partial charge in [0.05, 0.1) is 28.8 Å². The quantitative estimate of drug-likeness (QED) is 0.452. The number of anilines is 1. The Kier molecular flexibility index (Phi) is 7.89. The number of hydrogen-bond donors (Lipinski definition) is 1. The van der Waals surface area contributed by atoms with Gasteiger partial charge in [-0.1, -0.05) is 41.9 Å². The smallest absolute Gasteiger partial charge is 0.264 e. The van der Waals surface area contributed by atoms with Gasteiger partial charge in [0.2, 0.25) is 5.91 Å². The van der Waals surface area contributed by atoms with Gasteiger partial charge >= 0.3 is 0 Å². The van der Waals surface area contributed by atoms with Crippen molar-refractivity contribution in [3.8, 4) is 5.75 Å². The molecule has 0 radical (unpaired) electrons. The maximum atomic E-state index is 13.5. The number of rotatable bonds is 8. The zero-order chi connectivity index (χ0) is 25.0. The second kappa shape index (κ2) is 10.5. The molecule has 0 fully saturated rings. The van der Waals surface area contributed by atoms with Gasteiger partial charge in [-0.25, -0.2) is 8.42 Å². The monoisotopic (exact) mass is 500 g/mol. The molecule has 3 aromatic carbocycles. The third-order valence-corrected chi connectivity index (χ3v) is 7.85. The summed E-state index contributed by atoms with van der Waals surface area (Å²) in [5.74, 6) is -0.0256. The van der Waals surface area contributed by atoms with Gasteiger partial charge in [0.15, 0.2) is 0 Å². The second-order valence-electron chi connectivity index (χ2n) is 8.23. The number of benzene rings is 3. The lowest BCUT2D eigenvalue weighted by molar-refractivity contribution is -0.120. The molecule has 1 atom stereocenters. The van der Waals surface area contributed by atoms with Crippen molar-refractivity contribution in [1.29, 1.82) is 0 Å². The Labute approximate surface area is 206 Å². The molecule has 0 saturated carbocycles. The van der Waals surface area contributed by atoms with Crippen molar-refractivity contribution in [2.45, 2.75) is 38.6 Å². The van der Waals surface area contributed by atoms with Crippen LogP contribution in [-0.4, -0.2) is 28.0 Å². The van der Waals surface area contributed by atoms with E-state index in [4.69, 9.17) is 16.3 Å². The van der Waals surface area contributed by atoms with Crippen molar-refractivity contribution in [2.24, 2.45) is 0 Å². The number of sulfonamides is 1. The summed E-state index contributed by atoms with van der Waals surface area (Å²) in [7, 11) is -2.56. The summed E-state index contributed by atoms with van der Waals surface area (Å²) in [5, 5.41) is 3.19. The van der Waals surface area contributed by atoms with Gasteiger partial charge in [0, 0.05) is 0 Å². The van der Waals surface area contributed by atoms with Crippen LogP contribution in [-0.2, 0) is 14.8 Å². The summed E-state index contributed by atoms with van der Waals surface area (Å²) < 4.78 is 33.2. The lowest BCUT2D eigenvalue weighted by atomic mass is 9.96. The predicted octanol–water partition coefficient (Wildman–Crippen LogP) is 5.35. The molecule has 0 bridgehead atoms. The van der Waals surface area contributed by atoms with Crippen molar-refractivity contribution in [2.75, 3.05) is 18.0 Å². The van der Waals surface area contributed by atoms with Gasteiger partial charge in [-0.2, -0.15) is 0 Å². The van der Waals surface area contributed by atoms with Crippen molar-refractivity contribution in [3.05, 3.63) is 87.9 Å². The highest BCUT2D eigenvalue weighted by molar-refractivity contribution is 7.92. The number of nitrogens with zero attached hydrogens (tertiary/aromatic N) is 1. The van der Waals surface area contributed by atoms with Crippen LogP contribution in [0.5, 0.6) is 5.75 Å². The lowest BCUT2D eigenvalue weighted by Gasteiger charge is -2.26. The standard InChI is InChI=1S/C26H29ClN2O4S/c1-17-13-19(3)23(14-18(17)2)20(4)28-26(30)16-29(21-11-12-25(33-5)24(27)15-21)34(31,32)22-9-7-6-8-10-22/h6-15,20H,16H2,1-5H3,(H,28,30)/t20-/m1/s1. The normalized spacial score (nSPS) is 12.2. The number of ether oxygens (including phenoxy) is 1. The van der Waals surface area contributed by atoms with Crippen LogP contribution in [0.3, 0.4) is 0 Å². The molecule has 0 aromatic heterocycles. The van der Waals surface area contributed by atoms with Crippen LogP contribution in [0.4, 0.5) is 5.69 Å². The molecule has 180 valence electrons. The van der Waals surface area contributed by atoms with E-state index in [9.17, 15) is 13.2 Å². The zero-order valence-corrected chi connectivity index (χ0v) is 21.5. The van der Waals surface area contributed by atoms with E-state index in [2.05, 4.69) is 17.4 Å². The minimum Gasteiger partial charge on any atom is -0.495 e. The molecule has 0 aliphatic carbocycles. The molecular weight excluding hydrogens is 472 g/mol. The summed E-state index contributed by atoms with van der Waals surface area (Å²) in [6, 6.07) is 16.4. The molecule has 34 heavy (non-hydrogen) atoms. The summed E-state index contributed by atoms with van der Waals surface area (Å²) in [6.45, 7) is 7.54. The molecule has 8 heteroatoms. The number of methoxy groups -OCH3 is 1. The average Bonchev–Trinajstić information content (AvgIpc) is 2.80. The van der Waals surface area contributed by atoms with E-state index in [1.165, 1.54) is 30.9 Å². The van der Waals surface area contributed by atoms with Crippen LogP contribution in [0, 0.1) is 20.8 Å². The number of aryl methyl sites for hydroxylation is 3. The molecule has 3 aromatic rings. The number of amides is 1. The fourth-order valence-corrected chi connectivity index (χ4v) is 5.48. The van der Waals surface area contributed by atoms with E-state index in [0.29, 0.717) is 5.75 Å². The molecule has 0 aliphatic heterocycles. The second-order valence-corrected chi connectivity index (χ2v) is 10.5. The number of nitrogens with one attached hydrogen (secondary N) is 1. The van der Waals surface area contributed by atoms with E-state index >= 15 is 0 Å². The fraction of sp³-hybridized carbons (Fsp3) is 0.269. The first-order valence-electron chi connectivity index (χ1n) is 10.8. The molecule has 1 N–H and O–H groups in total. The van der Waals surface area contributed by atoms with Crippen LogP contribution in [0.1, 0.15) is 35.2 Å². The minimum atomic E-state index is -4.03. The van der Waals surface area contributed by atoms with E-state index in [1.807, 2.05) is 27.7 Å². The van der Waals surface area contributed by atoms with Crippen LogP contribution < -0.4 is 14.4 Å². The van der Waals surface area contributed by atoms with Gasteiger partial charge in [-0.05, 0) is 80.3 Å². The van der Waals surface area contributed by atoms with Gasteiger partial charge in [0.25, 0.3) is 10.0 Å². The fourth-order valence-electron chi connectivity index (χ4n) is 3.79. The minimum absolute atomic E-state index is 0.0767. The Bertz CT molecular complexity index is 1290. The van der Waals surface area contributed by atoms with E-state index < -0.39 is 22.5 Å². The highest BCUT2D eigenvalue weighted by Gasteiger charge is 2.28. The van der Waals surface area contributed by atoms with Crippen LogP contribution >= 0.6 is 11.6 Å². The molecule has 0 unspecified atom stereocenters. The third-order valence-electron chi connectivity index (χ3n) is 5.77. The summed E-state index contributed by atoms with van der Waals surface area (Å²) in [4.78, 5) is 13.2. The summed E-state index contributed by atoms with van der Waals surface area (Å²) in [5.41, 5.74) is 4.62. The number of hydrogen-bond acceptors (Lipinski definition) is 4. The van der Waals surface area contributed by atoms with Crippen molar-refractivity contribution in [1.82, 2.24) is 5.32 Å². The molecule has 0 spiro atoms.